The summed E-state index contributed by atoms with van der Waals surface area (Å²) in [7, 11) is 1.87. The highest BCUT2D eigenvalue weighted by Gasteiger charge is 2.11. The molecule has 0 unspecified atom stereocenters. The molecule has 0 aliphatic heterocycles. The van der Waals surface area contributed by atoms with Gasteiger partial charge in [0.1, 0.15) is 0 Å². The summed E-state index contributed by atoms with van der Waals surface area (Å²) in [5.74, 6) is 0.111. The van der Waals surface area contributed by atoms with Gasteiger partial charge < -0.3 is 9.80 Å². The highest BCUT2D eigenvalue weighted by molar-refractivity contribution is 5.94. The fraction of sp³-hybridized carbons (Fsp3) is 0.562. The number of benzene rings is 1. The Morgan fingerprint density at radius 3 is 2.11 bits per heavy atom. The molecular weight excluding hydrogens is 236 g/mol. The molecule has 1 aromatic carbocycles. The predicted octanol–water partition coefficient (Wildman–Crippen LogP) is 3.40. The average molecular weight is 262 g/mol. The molecule has 0 aliphatic rings. The second-order valence-electron chi connectivity index (χ2n) is 4.80. The van der Waals surface area contributed by atoms with Crippen LogP contribution in [0.3, 0.4) is 0 Å². The van der Waals surface area contributed by atoms with E-state index in [0.717, 1.165) is 38.0 Å². The molecule has 1 rings (SSSR count). The SMILES string of the molecule is CCCCN(C)C(=O)c1ccc(N(CC)CC)cc1. The van der Waals surface area contributed by atoms with E-state index >= 15 is 0 Å². The molecule has 1 amide bonds. The van der Waals surface area contributed by atoms with Crippen molar-refractivity contribution >= 4 is 11.6 Å². The Hall–Kier alpha value is -1.51. The van der Waals surface area contributed by atoms with E-state index in [1.807, 2.05) is 31.3 Å². The maximum atomic E-state index is 12.2. The van der Waals surface area contributed by atoms with Gasteiger partial charge in [0.2, 0.25) is 0 Å². The molecule has 0 radical (unpaired) electrons. The molecule has 0 bridgehead atoms. The minimum absolute atomic E-state index is 0.111. The lowest BCUT2D eigenvalue weighted by molar-refractivity contribution is 0.0793. The summed E-state index contributed by atoms with van der Waals surface area (Å²) in [4.78, 5) is 16.3. The fourth-order valence-corrected chi connectivity index (χ4v) is 2.12. The van der Waals surface area contributed by atoms with E-state index in [2.05, 4.69) is 25.7 Å². The first-order valence-electron chi connectivity index (χ1n) is 7.24. The molecule has 0 saturated carbocycles. The van der Waals surface area contributed by atoms with Crippen molar-refractivity contribution in [2.75, 3.05) is 31.6 Å². The van der Waals surface area contributed by atoms with E-state index in [-0.39, 0.29) is 5.91 Å². The van der Waals surface area contributed by atoms with Gasteiger partial charge in [-0.3, -0.25) is 4.79 Å². The minimum atomic E-state index is 0.111. The zero-order valence-corrected chi connectivity index (χ0v) is 12.6. The van der Waals surface area contributed by atoms with Crippen molar-refractivity contribution in [3.05, 3.63) is 29.8 Å². The van der Waals surface area contributed by atoms with Crippen LogP contribution in [-0.2, 0) is 0 Å². The van der Waals surface area contributed by atoms with Gasteiger partial charge in [-0.25, -0.2) is 0 Å². The van der Waals surface area contributed by atoms with Gasteiger partial charge in [0.15, 0.2) is 0 Å². The first-order valence-corrected chi connectivity index (χ1v) is 7.24. The van der Waals surface area contributed by atoms with E-state index in [9.17, 15) is 4.79 Å². The molecule has 0 aliphatic carbocycles. The summed E-state index contributed by atoms with van der Waals surface area (Å²) in [5, 5.41) is 0. The van der Waals surface area contributed by atoms with Crippen molar-refractivity contribution in [1.82, 2.24) is 4.90 Å². The van der Waals surface area contributed by atoms with Crippen LogP contribution in [0.25, 0.3) is 0 Å². The van der Waals surface area contributed by atoms with Gasteiger partial charge in [0.25, 0.3) is 5.91 Å². The molecule has 0 heterocycles. The molecule has 3 nitrogen and oxygen atoms in total. The maximum absolute atomic E-state index is 12.2. The minimum Gasteiger partial charge on any atom is -0.372 e. The monoisotopic (exact) mass is 262 g/mol. The molecular formula is C16H26N2O. The number of carbonyl (C=O) groups is 1. The Morgan fingerprint density at radius 2 is 1.63 bits per heavy atom. The van der Waals surface area contributed by atoms with Gasteiger partial charge in [-0.05, 0) is 44.5 Å². The lowest BCUT2D eigenvalue weighted by Crippen LogP contribution is -2.27. The van der Waals surface area contributed by atoms with Crippen molar-refractivity contribution in [3.8, 4) is 0 Å². The van der Waals surface area contributed by atoms with Gasteiger partial charge in [0, 0.05) is 37.9 Å². The first-order chi connectivity index (χ1) is 9.13. The fourth-order valence-electron chi connectivity index (χ4n) is 2.12. The van der Waals surface area contributed by atoms with Crippen molar-refractivity contribution < 1.29 is 4.79 Å². The third kappa shape index (κ3) is 4.27. The summed E-state index contributed by atoms with van der Waals surface area (Å²) < 4.78 is 0. The first kappa shape index (κ1) is 15.5. The Kier molecular flexibility index (Phi) is 6.40. The smallest absolute Gasteiger partial charge is 0.253 e. The number of anilines is 1. The van der Waals surface area contributed by atoms with Gasteiger partial charge in [-0.1, -0.05) is 13.3 Å². The summed E-state index contributed by atoms with van der Waals surface area (Å²) in [6.07, 6.45) is 2.16. The quantitative estimate of drug-likeness (QED) is 0.752. The van der Waals surface area contributed by atoms with Gasteiger partial charge in [-0.2, -0.15) is 0 Å². The van der Waals surface area contributed by atoms with E-state index in [1.165, 1.54) is 5.69 Å². The number of nitrogens with zero attached hydrogens (tertiary/aromatic N) is 2. The molecule has 0 N–H and O–H groups in total. The van der Waals surface area contributed by atoms with Crippen LogP contribution in [-0.4, -0.2) is 37.5 Å². The van der Waals surface area contributed by atoms with Crippen LogP contribution in [0.1, 0.15) is 44.0 Å². The predicted molar refractivity (Wildman–Crippen MR) is 81.9 cm³/mol. The summed E-state index contributed by atoms with van der Waals surface area (Å²) in [6, 6.07) is 7.93. The molecule has 0 atom stereocenters. The van der Waals surface area contributed by atoms with E-state index in [0.29, 0.717) is 0 Å². The summed E-state index contributed by atoms with van der Waals surface area (Å²) in [5.41, 5.74) is 1.95. The third-order valence-corrected chi connectivity index (χ3v) is 3.44. The second-order valence-corrected chi connectivity index (χ2v) is 4.80. The van der Waals surface area contributed by atoms with E-state index in [4.69, 9.17) is 0 Å². The van der Waals surface area contributed by atoms with Crippen molar-refractivity contribution in [2.24, 2.45) is 0 Å². The largest absolute Gasteiger partial charge is 0.372 e. The second kappa shape index (κ2) is 7.82. The van der Waals surface area contributed by atoms with E-state index < -0.39 is 0 Å². The summed E-state index contributed by atoms with van der Waals surface area (Å²) >= 11 is 0. The van der Waals surface area contributed by atoms with Crippen LogP contribution in [0.5, 0.6) is 0 Å². The molecule has 1 aromatic rings. The van der Waals surface area contributed by atoms with Crippen LogP contribution in [0.4, 0.5) is 5.69 Å². The van der Waals surface area contributed by atoms with Gasteiger partial charge in [-0.15, -0.1) is 0 Å². The Balaban J connectivity index is 2.72. The van der Waals surface area contributed by atoms with Crippen molar-refractivity contribution in [1.29, 1.82) is 0 Å². The standard InChI is InChI=1S/C16H26N2O/c1-5-8-13-17(4)16(19)14-9-11-15(12-10-14)18(6-2)7-3/h9-12H,5-8,13H2,1-4H3. The molecule has 0 saturated heterocycles. The average Bonchev–Trinajstić information content (AvgIpc) is 2.46. The zero-order chi connectivity index (χ0) is 14.3. The molecule has 19 heavy (non-hydrogen) atoms. The number of amides is 1. The summed E-state index contributed by atoms with van der Waals surface area (Å²) in [6.45, 7) is 9.22. The molecule has 0 aromatic heterocycles. The number of rotatable bonds is 7. The van der Waals surface area contributed by atoms with Crippen LogP contribution in [0.2, 0.25) is 0 Å². The van der Waals surface area contributed by atoms with Gasteiger partial charge in [0.05, 0.1) is 0 Å². The Morgan fingerprint density at radius 1 is 1.05 bits per heavy atom. The lowest BCUT2D eigenvalue weighted by atomic mass is 10.1. The molecule has 106 valence electrons. The van der Waals surface area contributed by atoms with Crippen LogP contribution in [0, 0.1) is 0 Å². The van der Waals surface area contributed by atoms with Crippen molar-refractivity contribution in [3.63, 3.8) is 0 Å². The molecule has 0 spiro atoms. The number of carbonyl (C=O) groups excluding carboxylic acids is 1. The third-order valence-electron chi connectivity index (χ3n) is 3.44. The normalized spacial score (nSPS) is 10.3. The van der Waals surface area contributed by atoms with Crippen LogP contribution < -0.4 is 4.90 Å². The van der Waals surface area contributed by atoms with Crippen molar-refractivity contribution in [2.45, 2.75) is 33.6 Å². The topological polar surface area (TPSA) is 23.6 Å². The highest BCUT2D eigenvalue weighted by atomic mass is 16.2. The zero-order valence-electron chi connectivity index (χ0n) is 12.6. The highest BCUT2D eigenvalue weighted by Crippen LogP contribution is 2.15. The number of hydrogen-bond donors (Lipinski definition) is 0. The van der Waals surface area contributed by atoms with Crippen LogP contribution in [0.15, 0.2) is 24.3 Å². The van der Waals surface area contributed by atoms with Crippen LogP contribution >= 0.6 is 0 Å². The Labute approximate surface area is 117 Å². The maximum Gasteiger partial charge on any atom is 0.253 e. The molecule has 0 fully saturated rings. The number of unbranched alkanes of at least 4 members (excludes halogenated alkanes) is 1. The van der Waals surface area contributed by atoms with E-state index in [1.54, 1.807) is 4.90 Å². The van der Waals surface area contributed by atoms with Gasteiger partial charge >= 0.3 is 0 Å². The molecule has 3 heteroatoms. The number of hydrogen-bond acceptors (Lipinski definition) is 2. The lowest BCUT2D eigenvalue weighted by Gasteiger charge is -2.22. The Bertz CT molecular complexity index is 382.